The molecule has 0 aliphatic carbocycles. The van der Waals surface area contributed by atoms with E-state index < -0.39 is 0 Å². The van der Waals surface area contributed by atoms with Crippen LogP contribution in [0.2, 0.25) is 0 Å². The van der Waals surface area contributed by atoms with Crippen LogP contribution >= 0.6 is 0 Å². The fraction of sp³-hybridized carbons (Fsp3) is 0.222. The highest BCUT2D eigenvalue weighted by atomic mass is 16.4. The van der Waals surface area contributed by atoms with E-state index in [-0.39, 0.29) is 5.84 Å². The first kappa shape index (κ1) is 15.9. The summed E-state index contributed by atoms with van der Waals surface area (Å²) in [6, 6.07) is 12.0. The molecule has 24 heavy (non-hydrogen) atoms. The molecular weight excluding hydrogens is 302 g/mol. The zero-order valence-corrected chi connectivity index (χ0v) is 13.8. The van der Waals surface area contributed by atoms with Gasteiger partial charge in [0.2, 0.25) is 0 Å². The number of aromatic nitrogens is 2. The Morgan fingerprint density at radius 3 is 2.46 bits per heavy atom. The van der Waals surface area contributed by atoms with Gasteiger partial charge in [0.15, 0.2) is 5.84 Å². The molecule has 2 heterocycles. The average Bonchev–Trinajstić information content (AvgIpc) is 3.06. The van der Waals surface area contributed by atoms with Crippen molar-refractivity contribution in [3.63, 3.8) is 0 Å². The van der Waals surface area contributed by atoms with Crippen molar-refractivity contribution in [2.45, 2.75) is 13.8 Å². The molecule has 0 saturated heterocycles. The normalized spacial score (nSPS) is 11.8. The number of nitrogens with zero attached hydrogens (tertiary/aromatic N) is 4. The number of nitrogens with two attached hydrogens (primary N) is 1. The lowest BCUT2D eigenvalue weighted by Crippen LogP contribution is -2.21. The molecule has 0 unspecified atom stereocenters. The van der Waals surface area contributed by atoms with Crippen LogP contribution in [0.25, 0.3) is 16.9 Å². The maximum absolute atomic E-state index is 8.79. The first-order valence-corrected chi connectivity index (χ1v) is 7.98. The number of anilines is 1. The number of pyridine rings is 1. The molecule has 0 spiro atoms. The van der Waals surface area contributed by atoms with E-state index in [0.29, 0.717) is 5.56 Å². The van der Waals surface area contributed by atoms with E-state index in [2.05, 4.69) is 53.2 Å². The second kappa shape index (κ2) is 6.62. The summed E-state index contributed by atoms with van der Waals surface area (Å²) in [7, 11) is 0. The molecule has 0 saturated carbocycles. The van der Waals surface area contributed by atoms with Gasteiger partial charge in [-0.05, 0) is 38.1 Å². The van der Waals surface area contributed by atoms with Crippen molar-refractivity contribution in [3.8, 4) is 11.3 Å². The van der Waals surface area contributed by atoms with Crippen LogP contribution < -0.4 is 10.6 Å². The number of imidazole rings is 1. The second-order valence-corrected chi connectivity index (χ2v) is 5.51. The van der Waals surface area contributed by atoms with Gasteiger partial charge in [-0.1, -0.05) is 17.3 Å². The number of hydrogen-bond donors (Lipinski definition) is 2. The van der Waals surface area contributed by atoms with Crippen LogP contribution in [0.4, 0.5) is 5.69 Å². The molecule has 0 aliphatic heterocycles. The van der Waals surface area contributed by atoms with Gasteiger partial charge in [0.25, 0.3) is 0 Å². The highest BCUT2D eigenvalue weighted by Crippen LogP contribution is 2.23. The topological polar surface area (TPSA) is 79.2 Å². The molecule has 6 nitrogen and oxygen atoms in total. The lowest BCUT2D eigenvalue weighted by molar-refractivity contribution is 0.318. The first-order chi connectivity index (χ1) is 11.7. The fourth-order valence-corrected chi connectivity index (χ4v) is 2.77. The van der Waals surface area contributed by atoms with E-state index in [0.717, 1.165) is 30.0 Å². The number of oxime groups is 1. The van der Waals surface area contributed by atoms with Gasteiger partial charge in [0.1, 0.15) is 5.65 Å². The molecule has 0 bridgehead atoms. The summed E-state index contributed by atoms with van der Waals surface area (Å²) in [5, 5.41) is 11.8. The molecule has 0 aliphatic rings. The minimum atomic E-state index is 0.0794. The lowest BCUT2D eigenvalue weighted by atomic mass is 10.1. The highest BCUT2D eigenvalue weighted by molar-refractivity contribution is 5.97. The van der Waals surface area contributed by atoms with E-state index in [1.807, 2.05) is 16.7 Å². The lowest BCUT2D eigenvalue weighted by Gasteiger charge is -2.20. The number of amidine groups is 1. The van der Waals surface area contributed by atoms with E-state index in [1.54, 1.807) is 12.3 Å². The van der Waals surface area contributed by atoms with E-state index in [4.69, 9.17) is 10.9 Å². The molecule has 3 aromatic rings. The van der Waals surface area contributed by atoms with Crippen LogP contribution in [-0.4, -0.2) is 33.5 Å². The molecule has 6 heteroatoms. The van der Waals surface area contributed by atoms with Crippen molar-refractivity contribution in [1.29, 1.82) is 0 Å². The maximum atomic E-state index is 8.79. The van der Waals surface area contributed by atoms with Crippen molar-refractivity contribution in [3.05, 3.63) is 54.4 Å². The number of rotatable bonds is 5. The van der Waals surface area contributed by atoms with Crippen molar-refractivity contribution in [1.82, 2.24) is 9.38 Å². The Morgan fingerprint density at radius 2 is 1.83 bits per heavy atom. The number of hydrogen-bond acceptors (Lipinski definition) is 4. The van der Waals surface area contributed by atoms with Gasteiger partial charge < -0.3 is 20.2 Å². The van der Waals surface area contributed by atoms with Crippen LogP contribution in [0, 0.1) is 0 Å². The Bertz CT molecular complexity index is 863. The van der Waals surface area contributed by atoms with Crippen molar-refractivity contribution in [2.75, 3.05) is 18.0 Å². The SMILES string of the molecule is CCN(CC)c1ccc(-c2cn3cc(/C(N)=N/O)ccc3n2)cc1. The quantitative estimate of drug-likeness (QED) is 0.327. The monoisotopic (exact) mass is 323 g/mol. The summed E-state index contributed by atoms with van der Waals surface area (Å²) < 4.78 is 1.88. The van der Waals surface area contributed by atoms with Gasteiger partial charge in [-0.25, -0.2) is 4.98 Å². The molecule has 0 amide bonds. The number of fused-ring (bicyclic) bond motifs is 1. The van der Waals surface area contributed by atoms with Crippen LogP contribution in [0.15, 0.2) is 53.9 Å². The summed E-state index contributed by atoms with van der Waals surface area (Å²) >= 11 is 0. The van der Waals surface area contributed by atoms with Crippen LogP contribution in [0.5, 0.6) is 0 Å². The van der Waals surface area contributed by atoms with Gasteiger partial charge >= 0.3 is 0 Å². The maximum Gasteiger partial charge on any atom is 0.171 e. The van der Waals surface area contributed by atoms with Gasteiger partial charge in [0.05, 0.1) is 5.69 Å². The Kier molecular flexibility index (Phi) is 4.37. The molecule has 0 fully saturated rings. The largest absolute Gasteiger partial charge is 0.409 e. The Balaban J connectivity index is 1.94. The number of benzene rings is 1. The zero-order valence-electron chi connectivity index (χ0n) is 13.8. The van der Waals surface area contributed by atoms with Crippen LogP contribution in [-0.2, 0) is 0 Å². The van der Waals surface area contributed by atoms with Crippen molar-refractivity contribution < 1.29 is 5.21 Å². The molecule has 3 N–H and O–H groups in total. The molecule has 3 rings (SSSR count). The Morgan fingerprint density at radius 1 is 1.12 bits per heavy atom. The summed E-state index contributed by atoms with van der Waals surface area (Å²) in [4.78, 5) is 6.93. The van der Waals surface area contributed by atoms with E-state index in [1.165, 1.54) is 5.69 Å². The third-order valence-electron chi connectivity index (χ3n) is 4.15. The molecule has 0 radical (unpaired) electrons. The standard InChI is InChI=1S/C18H21N5O/c1-3-22(4-2)15-8-5-13(6-9-15)16-12-23-11-14(18(19)21-24)7-10-17(23)20-16/h5-12,24H,3-4H2,1-2H3,(H2,19,21). The second-order valence-electron chi connectivity index (χ2n) is 5.51. The van der Waals surface area contributed by atoms with Gasteiger partial charge in [-0.2, -0.15) is 0 Å². The summed E-state index contributed by atoms with van der Waals surface area (Å²) in [5.74, 6) is 0.0794. The minimum absolute atomic E-state index is 0.0794. The summed E-state index contributed by atoms with van der Waals surface area (Å²) in [6.07, 6.45) is 3.74. The molecule has 1 aromatic carbocycles. The predicted octanol–water partition coefficient (Wildman–Crippen LogP) is 2.94. The molecule has 124 valence electrons. The third-order valence-corrected chi connectivity index (χ3v) is 4.15. The Hall–Kier alpha value is -3.02. The van der Waals surface area contributed by atoms with Crippen molar-refractivity contribution in [2.24, 2.45) is 10.9 Å². The van der Waals surface area contributed by atoms with Gasteiger partial charge in [0, 0.05) is 42.3 Å². The third kappa shape index (κ3) is 2.90. The van der Waals surface area contributed by atoms with E-state index in [9.17, 15) is 0 Å². The average molecular weight is 323 g/mol. The van der Waals surface area contributed by atoms with E-state index >= 15 is 0 Å². The molecule has 2 aromatic heterocycles. The zero-order chi connectivity index (χ0) is 17.1. The summed E-state index contributed by atoms with van der Waals surface area (Å²) in [5.41, 5.74) is 10.2. The molecular formula is C18H21N5O. The van der Waals surface area contributed by atoms with Crippen molar-refractivity contribution >= 4 is 17.2 Å². The molecule has 0 atom stereocenters. The van der Waals surface area contributed by atoms with Crippen LogP contribution in [0.1, 0.15) is 19.4 Å². The Labute approximate surface area is 140 Å². The fourth-order valence-electron chi connectivity index (χ4n) is 2.77. The van der Waals surface area contributed by atoms with Crippen LogP contribution in [0.3, 0.4) is 0 Å². The smallest absolute Gasteiger partial charge is 0.171 e. The predicted molar refractivity (Wildman–Crippen MR) is 96.7 cm³/mol. The first-order valence-electron chi connectivity index (χ1n) is 7.98. The van der Waals surface area contributed by atoms with Gasteiger partial charge in [-0.15, -0.1) is 0 Å². The summed E-state index contributed by atoms with van der Waals surface area (Å²) in [6.45, 7) is 6.28. The minimum Gasteiger partial charge on any atom is -0.409 e. The van der Waals surface area contributed by atoms with Gasteiger partial charge in [-0.3, -0.25) is 0 Å². The highest BCUT2D eigenvalue weighted by Gasteiger charge is 2.08.